The van der Waals surface area contributed by atoms with Crippen LogP contribution in [0.5, 0.6) is 0 Å². The number of nitrogens with zero attached hydrogens (tertiary/aromatic N) is 2. The molecule has 0 spiro atoms. The highest BCUT2D eigenvalue weighted by Gasteiger charge is 2.06. The van der Waals surface area contributed by atoms with Crippen LogP contribution >= 0.6 is 11.3 Å². The van der Waals surface area contributed by atoms with Crippen molar-refractivity contribution in [2.75, 3.05) is 5.32 Å². The van der Waals surface area contributed by atoms with Gasteiger partial charge in [-0.05, 0) is 24.3 Å². The molecule has 0 radical (unpaired) electrons. The zero-order valence-electron chi connectivity index (χ0n) is 10.9. The van der Waals surface area contributed by atoms with E-state index in [0.29, 0.717) is 5.52 Å². The second-order valence-corrected chi connectivity index (χ2v) is 5.70. The van der Waals surface area contributed by atoms with Gasteiger partial charge in [-0.1, -0.05) is 29.5 Å². The third-order valence-corrected chi connectivity index (χ3v) is 4.14. The topological polar surface area (TPSA) is 37.8 Å². The summed E-state index contributed by atoms with van der Waals surface area (Å²) in [6, 6.07) is 14.6. The number of hydrogen-bond donors (Lipinski definition) is 1. The van der Waals surface area contributed by atoms with E-state index in [0.717, 1.165) is 26.4 Å². The summed E-state index contributed by atoms with van der Waals surface area (Å²) >= 11 is 1.49. The third kappa shape index (κ3) is 2.32. The van der Waals surface area contributed by atoms with Gasteiger partial charge in [0, 0.05) is 11.5 Å². The largest absolute Gasteiger partial charge is 0.330 e. The van der Waals surface area contributed by atoms with E-state index in [9.17, 15) is 4.39 Å². The number of fused-ring (bicyclic) bond motifs is 2. The van der Waals surface area contributed by atoms with Crippen molar-refractivity contribution >= 4 is 43.3 Å². The molecule has 102 valence electrons. The van der Waals surface area contributed by atoms with Crippen molar-refractivity contribution in [2.45, 2.75) is 0 Å². The second-order valence-electron chi connectivity index (χ2n) is 4.67. The average molecular weight is 295 g/mol. The smallest absolute Gasteiger partial charge is 0.188 e. The number of rotatable bonds is 2. The summed E-state index contributed by atoms with van der Waals surface area (Å²) in [5.41, 5.74) is 2.49. The Morgan fingerprint density at radius 3 is 2.86 bits per heavy atom. The van der Waals surface area contributed by atoms with Crippen molar-refractivity contribution in [3.63, 3.8) is 0 Å². The molecule has 0 saturated carbocycles. The first-order valence-electron chi connectivity index (χ1n) is 6.46. The van der Waals surface area contributed by atoms with E-state index in [4.69, 9.17) is 0 Å². The van der Waals surface area contributed by atoms with Gasteiger partial charge in [0.25, 0.3) is 0 Å². The molecule has 5 heteroatoms. The Labute approximate surface area is 124 Å². The molecule has 1 N–H and O–H groups in total. The van der Waals surface area contributed by atoms with Gasteiger partial charge in [0.2, 0.25) is 0 Å². The molecule has 0 amide bonds. The minimum Gasteiger partial charge on any atom is -0.330 e. The zero-order chi connectivity index (χ0) is 14.2. The normalized spacial score (nSPS) is 11.1. The molecule has 4 rings (SSSR count). The van der Waals surface area contributed by atoms with Gasteiger partial charge in [-0.15, -0.1) is 0 Å². The molecule has 0 saturated heterocycles. The van der Waals surface area contributed by atoms with E-state index in [1.807, 2.05) is 30.3 Å². The molecule has 0 aliphatic carbocycles. The van der Waals surface area contributed by atoms with Crippen LogP contribution in [0.3, 0.4) is 0 Å². The Morgan fingerprint density at radius 1 is 1.00 bits per heavy atom. The minimum atomic E-state index is -0.272. The summed E-state index contributed by atoms with van der Waals surface area (Å²) in [5, 5.41) is 5.02. The summed E-state index contributed by atoms with van der Waals surface area (Å²) in [4.78, 5) is 8.79. The summed E-state index contributed by atoms with van der Waals surface area (Å²) in [6.07, 6.45) is 1.77. The van der Waals surface area contributed by atoms with Crippen molar-refractivity contribution in [3.8, 4) is 0 Å². The number of thiazole rings is 1. The number of nitrogens with one attached hydrogen (secondary N) is 1. The number of hydrogen-bond acceptors (Lipinski definition) is 4. The van der Waals surface area contributed by atoms with Crippen LogP contribution in [0.1, 0.15) is 0 Å². The second kappa shape index (κ2) is 4.79. The molecule has 0 aliphatic rings. The van der Waals surface area contributed by atoms with Gasteiger partial charge in [0.15, 0.2) is 5.13 Å². The average Bonchev–Trinajstić information content (AvgIpc) is 2.88. The van der Waals surface area contributed by atoms with Crippen LogP contribution < -0.4 is 5.32 Å². The summed E-state index contributed by atoms with van der Waals surface area (Å²) in [5.74, 6) is -0.272. The van der Waals surface area contributed by atoms with Crippen LogP contribution in [0.2, 0.25) is 0 Å². The fourth-order valence-electron chi connectivity index (χ4n) is 2.22. The Bertz CT molecular complexity index is 948. The maximum atomic E-state index is 13.2. The molecule has 2 heterocycles. The lowest BCUT2D eigenvalue weighted by Crippen LogP contribution is -1.90. The van der Waals surface area contributed by atoms with Gasteiger partial charge in [-0.2, -0.15) is 0 Å². The molecule has 0 atom stereocenters. The number of halogens is 1. The Hall–Kier alpha value is -2.53. The van der Waals surface area contributed by atoms with Gasteiger partial charge in [-0.25, -0.2) is 9.37 Å². The molecule has 4 aromatic rings. The summed E-state index contributed by atoms with van der Waals surface area (Å²) in [7, 11) is 0. The van der Waals surface area contributed by atoms with Crippen LogP contribution in [-0.2, 0) is 0 Å². The lowest BCUT2D eigenvalue weighted by Gasteiger charge is -2.03. The van der Waals surface area contributed by atoms with Crippen LogP contribution in [-0.4, -0.2) is 9.97 Å². The predicted molar refractivity (Wildman–Crippen MR) is 84.6 cm³/mol. The SMILES string of the molecule is Fc1ccc2sc(Nc3cnc4ccccc4c3)nc2c1. The molecule has 3 nitrogen and oxygen atoms in total. The van der Waals surface area contributed by atoms with Crippen molar-refractivity contribution in [3.05, 3.63) is 60.5 Å². The lowest BCUT2D eigenvalue weighted by molar-refractivity contribution is 0.629. The molecule has 0 fully saturated rings. The molecule has 0 bridgehead atoms. The number of para-hydroxylation sites is 1. The standard InChI is InChI=1S/C16H10FN3S/c17-11-5-6-15-14(8-11)20-16(21-15)19-12-7-10-3-1-2-4-13(10)18-9-12/h1-9H,(H,19,20). The highest BCUT2D eigenvalue weighted by molar-refractivity contribution is 7.22. The van der Waals surface area contributed by atoms with E-state index in [1.54, 1.807) is 12.3 Å². The first-order valence-corrected chi connectivity index (χ1v) is 7.27. The fourth-order valence-corrected chi connectivity index (χ4v) is 3.08. The molecule has 0 aliphatic heterocycles. The fraction of sp³-hybridized carbons (Fsp3) is 0. The first-order chi connectivity index (χ1) is 10.3. The van der Waals surface area contributed by atoms with Gasteiger partial charge >= 0.3 is 0 Å². The van der Waals surface area contributed by atoms with Gasteiger partial charge in [0.05, 0.1) is 27.6 Å². The third-order valence-electron chi connectivity index (χ3n) is 3.19. The van der Waals surface area contributed by atoms with Gasteiger partial charge in [0.1, 0.15) is 5.82 Å². The molecule has 2 aromatic heterocycles. The van der Waals surface area contributed by atoms with Crippen molar-refractivity contribution in [1.29, 1.82) is 0 Å². The highest BCUT2D eigenvalue weighted by atomic mass is 32.1. The quantitative estimate of drug-likeness (QED) is 0.581. The molecular formula is C16H10FN3S. The van der Waals surface area contributed by atoms with Crippen LogP contribution in [0, 0.1) is 5.82 Å². The Balaban J connectivity index is 1.71. The highest BCUT2D eigenvalue weighted by Crippen LogP contribution is 2.29. The van der Waals surface area contributed by atoms with Crippen molar-refractivity contribution in [2.24, 2.45) is 0 Å². The summed E-state index contributed by atoms with van der Waals surface area (Å²) < 4.78 is 14.1. The lowest BCUT2D eigenvalue weighted by atomic mass is 10.2. The number of benzene rings is 2. The summed E-state index contributed by atoms with van der Waals surface area (Å²) in [6.45, 7) is 0. The molecular weight excluding hydrogens is 285 g/mol. The van der Waals surface area contributed by atoms with Crippen LogP contribution in [0.25, 0.3) is 21.1 Å². The predicted octanol–water partition coefficient (Wildman–Crippen LogP) is 4.73. The number of aromatic nitrogens is 2. The van der Waals surface area contributed by atoms with Crippen LogP contribution in [0.15, 0.2) is 54.7 Å². The van der Waals surface area contributed by atoms with Gasteiger partial charge < -0.3 is 5.32 Å². The van der Waals surface area contributed by atoms with E-state index in [2.05, 4.69) is 15.3 Å². The number of pyridine rings is 1. The zero-order valence-corrected chi connectivity index (χ0v) is 11.7. The minimum absolute atomic E-state index is 0.272. The van der Waals surface area contributed by atoms with E-state index in [1.165, 1.54) is 23.5 Å². The maximum Gasteiger partial charge on any atom is 0.188 e. The molecule has 21 heavy (non-hydrogen) atoms. The monoisotopic (exact) mass is 295 g/mol. The Kier molecular flexibility index (Phi) is 2.79. The first kappa shape index (κ1) is 12.2. The number of anilines is 2. The van der Waals surface area contributed by atoms with Crippen molar-refractivity contribution < 1.29 is 4.39 Å². The molecule has 2 aromatic carbocycles. The van der Waals surface area contributed by atoms with Gasteiger partial charge in [-0.3, -0.25) is 4.98 Å². The molecule has 0 unspecified atom stereocenters. The van der Waals surface area contributed by atoms with E-state index in [-0.39, 0.29) is 5.82 Å². The van der Waals surface area contributed by atoms with Crippen LogP contribution in [0.4, 0.5) is 15.2 Å². The maximum absolute atomic E-state index is 13.2. The van der Waals surface area contributed by atoms with E-state index >= 15 is 0 Å². The van der Waals surface area contributed by atoms with Crippen molar-refractivity contribution in [1.82, 2.24) is 9.97 Å². The van der Waals surface area contributed by atoms with E-state index < -0.39 is 0 Å². The Morgan fingerprint density at radius 2 is 1.90 bits per heavy atom.